The van der Waals surface area contributed by atoms with E-state index in [-0.39, 0.29) is 24.2 Å². The van der Waals surface area contributed by atoms with Crippen molar-refractivity contribution in [1.82, 2.24) is 5.32 Å². The lowest BCUT2D eigenvalue weighted by atomic mass is 9.93. The summed E-state index contributed by atoms with van der Waals surface area (Å²) in [5.74, 6) is 0.416. The molecule has 0 unspecified atom stereocenters. The number of rotatable bonds is 5. The van der Waals surface area contributed by atoms with Crippen molar-refractivity contribution in [3.63, 3.8) is 0 Å². The Balaban J connectivity index is 0.00000264. The number of amides is 2. The molecule has 5 nitrogen and oxygen atoms in total. The molecule has 1 aliphatic heterocycles. The minimum absolute atomic E-state index is 0. The molecule has 0 aliphatic carbocycles. The van der Waals surface area contributed by atoms with Gasteiger partial charge < -0.3 is 16.0 Å². The lowest BCUT2D eigenvalue weighted by Crippen LogP contribution is -2.28. The molecule has 0 atom stereocenters. The summed E-state index contributed by atoms with van der Waals surface area (Å²) in [6, 6.07) is 5.04. The summed E-state index contributed by atoms with van der Waals surface area (Å²) in [7, 11) is 0. The molecule has 3 N–H and O–H groups in total. The third-order valence-electron chi connectivity index (χ3n) is 3.80. The maximum absolute atomic E-state index is 12.1. The molecule has 1 fully saturated rings. The van der Waals surface area contributed by atoms with Crippen LogP contribution in [0.3, 0.4) is 0 Å². The fourth-order valence-corrected chi connectivity index (χ4v) is 2.79. The first-order valence-electron chi connectivity index (χ1n) is 7.62. The van der Waals surface area contributed by atoms with Gasteiger partial charge >= 0.3 is 0 Å². The predicted octanol–water partition coefficient (Wildman–Crippen LogP) is 3.44. The molecule has 7 heteroatoms. The van der Waals surface area contributed by atoms with Gasteiger partial charge in [0.15, 0.2) is 0 Å². The van der Waals surface area contributed by atoms with Gasteiger partial charge in [-0.05, 0) is 56.5 Å². The van der Waals surface area contributed by atoms with Crippen LogP contribution in [0.15, 0.2) is 18.2 Å². The number of hydrogen-bond acceptors (Lipinski definition) is 3. The molecule has 23 heavy (non-hydrogen) atoms. The van der Waals surface area contributed by atoms with E-state index in [0.29, 0.717) is 28.7 Å². The number of carbonyl (C=O) groups is 2. The molecule has 1 aliphatic rings. The third kappa shape index (κ3) is 6.77. The third-order valence-corrected chi connectivity index (χ3v) is 4.13. The zero-order valence-corrected chi connectivity index (χ0v) is 14.7. The molecule has 0 saturated carbocycles. The van der Waals surface area contributed by atoms with Crippen LogP contribution in [0.5, 0.6) is 0 Å². The fourth-order valence-electron chi connectivity index (χ4n) is 2.62. The van der Waals surface area contributed by atoms with Gasteiger partial charge in [-0.15, -0.1) is 12.4 Å². The Kier molecular flexibility index (Phi) is 8.37. The molecule has 128 valence electrons. The molecule has 2 rings (SSSR count). The maximum atomic E-state index is 12.1. The number of anilines is 2. The molecule has 1 heterocycles. The van der Waals surface area contributed by atoms with Gasteiger partial charge in [0.05, 0.1) is 10.7 Å². The van der Waals surface area contributed by atoms with E-state index >= 15 is 0 Å². The Morgan fingerprint density at radius 2 is 1.96 bits per heavy atom. The smallest absolute Gasteiger partial charge is 0.224 e. The highest BCUT2D eigenvalue weighted by Gasteiger charge is 2.15. The van der Waals surface area contributed by atoms with Crippen LogP contribution in [-0.2, 0) is 9.59 Å². The second-order valence-electron chi connectivity index (χ2n) is 5.66. The van der Waals surface area contributed by atoms with Crippen molar-refractivity contribution in [2.45, 2.75) is 32.6 Å². The van der Waals surface area contributed by atoms with Crippen LogP contribution in [0.25, 0.3) is 0 Å². The Bertz CT molecular complexity index is 546. The summed E-state index contributed by atoms with van der Waals surface area (Å²) in [6.07, 6.45) is 3.65. The summed E-state index contributed by atoms with van der Waals surface area (Å²) in [5.41, 5.74) is 1.15. The summed E-state index contributed by atoms with van der Waals surface area (Å²) >= 11 is 6.09. The molecule has 1 aromatic rings. The van der Waals surface area contributed by atoms with Gasteiger partial charge in [0.2, 0.25) is 11.8 Å². The molecule has 0 spiro atoms. The van der Waals surface area contributed by atoms with E-state index in [0.717, 1.165) is 32.4 Å². The highest BCUT2D eigenvalue weighted by atomic mass is 35.5. The van der Waals surface area contributed by atoms with Gasteiger partial charge in [-0.3, -0.25) is 9.59 Å². The lowest BCUT2D eigenvalue weighted by Gasteiger charge is -2.22. The van der Waals surface area contributed by atoms with Crippen LogP contribution in [0.1, 0.15) is 32.6 Å². The van der Waals surface area contributed by atoms with Crippen molar-refractivity contribution in [3.05, 3.63) is 23.2 Å². The maximum Gasteiger partial charge on any atom is 0.224 e. The van der Waals surface area contributed by atoms with Crippen LogP contribution < -0.4 is 16.0 Å². The summed E-state index contributed by atoms with van der Waals surface area (Å²) in [6.45, 7) is 3.51. The van der Waals surface area contributed by atoms with Crippen molar-refractivity contribution >= 4 is 47.2 Å². The number of piperidine rings is 1. The number of halogens is 2. The van der Waals surface area contributed by atoms with Crippen LogP contribution >= 0.6 is 24.0 Å². The highest BCUT2D eigenvalue weighted by Crippen LogP contribution is 2.26. The number of benzene rings is 1. The van der Waals surface area contributed by atoms with Gasteiger partial charge in [-0.2, -0.15) is 0 Å². The minimum Gasteiger partial charge on any atom is -0.326 e. The molecule has 0 aromatic heterocycles. The van der Waals surface area contributed by atoms with E-state index in [4.69, 9.17) is 11.6 Å². The fraction of sp³-hybridized carbons (Fsp3) is 0.500. The first-order chi connectivity index (χ1) is 10.5. The molecule has 0 radical (unpaired) electrons. The van der Waals surface area contributed by atoms with Gasteiger partial charge in [0.25, 0.3) is 0 Å². The highest BCUT2D eigenvalue weighted by molar-refractivity contribution is 6.33. The number of hydrogen-bond donors (Lipinski definition) is 3. The van der Waals surface area contributed by atoms with Crippen LogP contribution in [0.4, 0.5) is 11.4 Å². The second kappa shape index (κ2) is 9.75. The van der Waals surface area contributed by atoms with Crippen LogP contribution in [0.2, 0.25) is 5.02 Å². The second-order valence-corrected chi connectivity index (χ2v) is 6.06. The topological polar surface area (TPSA) is 70.2 Å². The molecule has 1 saturated heterocycles. The van der Waals surface area contributed by atoms with Crippen molar-refractivity contribution in [2.75, 3.05) is 23.7 Å². The zero-order chi connectivity index (χ0) is 15.9. The number of carbonyl (C=O) groups excluding carboxylic acids is 2. The van der Waals surface area contributed by atoms with Crippen molar-refractivity contribution in [1.29, 1.82) is 0 Å². The lowest BCUT2D eigenvalue weighted by molar-refractivity contribution is -0.116. The number of nitrogens with one attached hydrogen (secondary N) is 3. The van der Waals surface area contributed by atoms with Gasteiger partial charge in [-0.25, -0.2) is 0 Å². The Morgan fingerprint density at radius 1 is 1.26 bits per heavy atom. The van der Waals surface area contributed by atoms with Gasteiger partial charge in [0, 0.05) is 19.0 Å². The Hall–Kier alpha value is -1.30. The molecule has 2 amide bonds. The SMILES string of the molecule is CC(=O)Nc1ccc(Cl)c(NC(=O)CCC2CCNCC2)c1.Cl. The summed E-state index contributed by atoms with van der Waals surface area (Å²) < 4.78 is 0. The van der Waals surface area contributed by atoms with E-state index in [9.17, 15) is 9.59 Å². The Labute approximate surface area is 148 Å². The quantitative estimate of drug-likeness (QED) is 0.753. The summed E-state index contributed by atoms with van der Waals surface area (Å²) in [4.78, 5) is 23.1. The summed E-state index contributed by atoms with van der Waals surface area (Å²) in [5, 5.41) is 9.28. The predicted molar refractivity (Wildman–Crippen MR) is 96.5 cm³/mol. The van der Waals surface area contributed by atoms with E-state index in [1.165, 1.54) is 6.92 Å². The standard InChI is InChI=1S/C16H22ClN3O2.ClH/c1-11(21)19-13-3-4-14(17)15(10-13)20-16(22)5-2-12-6-8-18-9-7-12;/h3-4,10,12,18H,2,5-9H2,1H3,(H,19,21)(H,20,22);1H. The van der Waals surface area contributed by atoms with Crippen molar-refractivity contribution < 1.29 is 9.59 Å². The van der Waals surface area contributed by atoms with Gasteiger partial charge in [0.1, 0.15) is 0 Å². The zero-order valence-electron chi connectivity index (χ0n) is 13.2. The van der Waals surface area contributed by atoms with Crippen LogP contribution in [0, 0.1) is 5.92 Å². The molecular formula is C16H23Cl2N3O2. The first kappa shape index (κ1) is 19.7. The first-order valence-corrected chi connectivity index (χ1v) is 8.00. The average Bonchev–Trinajstić information content (AvgIpc) is 2.49. The van der Waals surface area contributed by atoms with E-state index in [1.807, 2.05) is 0 Å². The minimum atomic E-state index is -0.162. The monoisotopic (exact) mass is 359 g/mol. The van der Waals surface area contributed by atoms with Crippen LogP contribution in [-0.4, -0.2) is 24.9 Å². The molecule has 1 aromatic carbocycles. The largest absolute Gasteiger partial charge is 0.326 e. The van der Waals surface area contributed by atoms with E-state index in [1.54, 1.807) is 18.2 Å². The van der Waals surface area contributed by atoms with E-state index < -0.39 is 0 Å². The van der Waals surface area contributed by atoms with E-state index in [2.05, 4.69) is 16.0 Å². The van der Waals surface area contributed by atoms with Crippen molar-refractivity contribution in [2.24, 2.45) is 5.92 Å². The normalized spacial score (nSPS) is 14.7. The van der Waals surface area contributed by atoms with Crippen molar-refractivity contribution in [3.8, 4) is 0 Å². The molecular weight excluding hydrogens is 337 g/mol. The molecule has 0 bridgehead atoms. The average molecular weight is 360 g/mol. The Morgan fingerprint density at radius 3 is 2.61 bits per heavy atom. The van der Waals surface area contributed by atoms with Gasteiger partial charge in [-0.1, -0.05) is 11.6 Å².